The molecule has 0 unspecified atom stereocenters. The van der Waals surface area contributed by atoms with E-state index in [1.54, 1.807) is 0 Å². The molecule has 2 nitrogen and oxygen atoms in total. The molecule has 0 aliphatic carbocycles. The fraction of sp³-hybridized carbons (Fsp3) is 1.00. The second kappa shape index (κ2) is 9.23. The Bertz CT molecular complexity index is 78.6. The van der Waals surface area contributed by atoms with Crippen LogP contribution in [-0.2, 0) is 0 Å². The predicted octanol–water partition coefficient (Wildman–Crippen LogP) is 1.62. The first-order valence-electron chi connectivity index (χ1n) is 5.28. The minimum absolute atomic E-state index is 0.765. The molecule has 12 heavy (non-hydrogen) atoms. The molecule has 0 fully saturated rings. The zero-order chi connectivity index (χ0) is 9.23. The van der Waals surface area contributed by atoms with E-state index in [0.717, 1.165) is 0 Å². The molecule has 0 rings (SSSR count). The maximum absolute atomic E-state index is 3.57. The van der Waals surface area contributed by atoms with Crippen molar-refractivity contribution in [3.05, 3.63) is 0 Å². The summed E-state index contributed by atoms with van der Waals surface area (Å²) in [6, 6.07) is 0. The summed E-state index contributed by atoms with van der Waals surface area (Å²) in [5.74, 6) is 0. The Hall–Kier alpha value is 0.137. The molecule has 0 amide bonds. The van der Waals surface area contributed by atoms with Crippen molar-refractivity contribution in [1.82, 2.24) is 9.96 Å². The number of nitrogens with one attached hydrogen (secondary N) is 2. The van der Waals surface area contributed by atoms with E-state index in [1.165, 1.54) is 38.8 Å². The third-order valence-corrected chi connectivity index (χ3v) is 3.76. The van der Waals surface area contributed by atoms with Crippen LogP contribution in [0.4, 0.5) is 0 Å². The molecule has 0 spiro atoms. The maximum Gasteiger partial charge on any atom is 0.181 e. The molecule has 0 saturated carbocycles. The minimum Gasteiger partial charge on any atom is -0.328 e. The Kier molecular flexibility index (Phi) is 9.33. The van der Waals surface area contributed by atoms with Gasteiger partial charge in [-0.15, -0.1) is 0 Å². The number of rotatable bonds is 8. The summed E-state index contributed by atoms with van der Waals surface area (Å²) in [6.45, 7) is 9.19. The lowest BCUT2D eigenvalue weighted by Crippen LogP contribution is -2.45. The van der Waals surface area contributed by atoms with E-state index in [0.29, 0.717) is 0 Å². The van der Waals surface area contributed by atoms with E-state index >= 15 is 0 Å². The Morgan fingerprint density at radius 2 is 1.33 bits per heavy atom. The monoisotopic (exact) mass is 188 g/mol. The van der Waals surface area contributed by atoms with Crippen molar-refractivity contribution >= 4 is 9.12 Å². The first-order valence-corrected chi connectivity index (χ1v) is 7.59. The summed E-state index contributed by atoms with van der Waals surface area (Å²) >= 11 is 0. The topological polar surface area (TPSA) is 24.1 Å². The third-order valence-electron chi connectivity index (χ3n) is 1.96. The molecule has 0 aliphatic rings. The van der Waals surface area contributed by atoms with Gasteiger partial charge < -0.3 is 9.96 Å². The third kappa shape index (κ3) is 8.24. The van der Waals surface area contributed by atoms with Crippen LogP contribution in [0.5, 0.6) is 0 Å². The van der Waals surface area contributed by atoms with Crippen molar-refractivity contribution < 1.29 is 0 Å². The van der Waals surface area contributed by atoms with Gasteiger partial charge in [-0.2, -0.15) is 0 Å². The molecule has 3 heteroatoms. The molecule has 0 aromatic heterocycles. The summed E-state index contributed by atoms with van der Waals surface area (Å²) in [4.78, 5) is 7.14. The van der Waals surface area contributed by atoms with Crippen LogP contribution < -0.4 is 9.96 Å². The predicted molar refractivity (Wildman–Crippen MR) is 58.8 cm³/mol. The average Bonchev–Trinajstić information content (AvgIpc) is 2.06. The van der Waals surface area contributed by atoms with Crippen molar-refractivity contribution in [2.24, 2.45) is 0 Å². The molecular formula is C9H24N2Si. The summed E-state index contributed by atoms with van der Waals surface area (Å²) in [5, 5.41) is 0. The first-order chi connectivity index (χ1) is 5.81. The summed E-state index contributed by atoms with van der Waals surface area (Å²) in [7, 11) is -0.765. The molecule has 0 radical (unpaired) electrons. The van der Waals surface area contributed by atoms with Gasteiger partial charge in [-0.25, -0.2) is 0 Å². The second-order valence-corrected chi connectivity index (χ2v) is 5.60. The fourth-order valence-corrected chi connectivity index (χ4v) is 2.48. The zero-order valence-electron chi connectivity index (χ0n) is 8.82. The standard InChI is InChI=1S/C9H24N2Si/c1-4-6-8-10-12(3)11-9-7-5-2/h10-12H,4-9H2,1-3H3. The largest absolute Gasteiger partial charge is 0.328 e. The molecule has 0 aliphatic heterocycles. The van der Waals surface area contributed by atoms with Crippen LogP contribution in [0, 0.1) is 0 Å². The summed E-state index contributed by atoms with van der Waals surface area (Å²) in [5.41, 5.74) is 0. The number of unbranched alkanes of at least 4 members (excludes halogenated alkanes) is 2. The lowest BCUT2D eigenvalue weighted by atomic mass is 10.3. The fourth-order valence-electron chi connectivity index (χ4n) is 1.06. The molecular weight excluding hydrogens is 164 g/mol. The molecule has 0 saturated heterocycles. The Balaban J connectivity index is 3.04. The van der Waals surface area contributed by atoms with Gasteiger partial charge in [0, 0.05) is 0 Å². The smallest absolute Gasteiger partial charge is 0.181 e. The van der Waals surface area contributed by atoms with Crippen LogP contribution in [0.15, 0.2) is 0 Å². The highest BCUT2D eigenvalue weighted by molar-refractivity contribution is 6.51. The van der Waals surface area contributed by atoms with E-state index in [2.05, 4.69) is 30.4 Å². The van der Waals surface area contributed by atoms with Gasteiger partial charge in [0.2, 0.25) is 0 Å². The van der Waals surface area contributed by atoms with Gasteiger partial charge in [-0.1, -0.05) is 26.7 Å². The molecule has 0 aromatic rings. The average molecular weight is 188 g/mol. The van der Waals surface area contributed by atoms with Crippen molar-refractivity contribution in [1.29, 1.82) is 0 Å². The lowest BCUT2D eigenvalue weighted by Gasteiger charge is -2.12. The van der Waals surface area contributed by atoms with Gasteiger partial charge >= 0.3 is 0 Å². The van der Waals surface area contributed by atoms with Gasteiger partial charge in [0.1, 0.15) is 0 Å². The van der Waals surface area contributed by atoms with Gasteiger partial charge in [0.05, 0.1) is 0 Å². The van der Waals surface area contributed by atoms with E-state index in [1.807, 2.05) is 0 Å². The highest BCUT2D eigenvalue weighted by Crippen LogP contribution is 1.85. The molecule has 0 atom stereocenters. The second-order valence-electron chi connectivity index (χ2n) is 3.34. The molecule has 0 bridgehead atoms. The highest BCUT2D eigenvalue weighted by atomic mass is 28.3. The first kappa shape index (κ1) is 12.1. The molecule has 2 N–H and O–H groups in total. The molecule has 0 aromatic carbocycles. The minimum atomic E-state index is -0.765. The zero-order valence-corrected chi connectivity index (χ0v) is 9.97. The highest BCUT2D eigenvalue weighted by Gasteiger charge is 1.99. The normalized spacial score (nSPS) is 11.0. The Morgan fingerprint density at radius 3 is 1.67 bits per heavy atom. The molecule has 0 heterocycles. The van der Waals surface area contributed by atoms with Gasteiger partial charge in [0.15, 0.2) is 9.12 Å². The summed E-state index contributed by atoms with van der Waals surface area (Å²) in [6.07, 6.45) is 5.21. The lowest BCUT2D eigenvalue weighted by molar-refractivity contribution is 0.723. The van der Waals surface area contributed by atoms with Crippen molar-refractivity contribution in [3.8, 4) is 0 Å². The van der Waals surface area contributed by atoms with E-state index in [4.69, 9.17) is 0 Å². The van der Waals surface area contributed by atoms with E-state index in [-0.39, 0.29) is 0 Å². The van der Waals surface area contributed by atoms with Crippen LogP contribution in [0.25, 0.3) is 0 Å². The molecule has 74 valence electrons. The Labute approximate surface area is 78.9 Å². The van der Waals surface area contributed by atoms with Gasteiger partial charge in [-0.05, 0) is 32.5 Å². The maximum atomic E-state index is 3.57. The van der Waals surface area contributed by atoms with Crippen LogP contribution in [0.3, 0.4) is 0 Å². The van der Waals surface area contributed by atoms with Gasteiger partial charge in [-0.3, -0.25) is 0 Å². The van der Waals surface area contributed by atoms with Crippen LogP contribution in [-0.4, -0.2) is 22.2 Å². The van der Waals surface area contributed by atoms with Crippen molar-refractivity contribution in [3.63, 3.8) is 0 Å². The van der Waals surface area contributed by atoms with Gasteiger partial charge in [0.25, 0.3) is 0 Å². The van der Waals surface area contributed by atoms with E-state index in [9.17, 15) is 0 Å². The van der Waals surface area contributed by atoms with Crippen LogP contribution >= 0.6 is 0 Å². The Morgan fingerprint density at radius 1 is 0.917 bits per heavy atom. The SMILES string of the molecule is CCCCN[SiH](C)NCCCC. The number of hydrogen-bond donors (Lipinski definition) is 2. The van der Waals surface area contributed by atoms with E-state index < -0.39 is 9.12 Å². The quantitative estimate of drug-likeness (QED) is 0.447. The van der Waals surface area contributed by atoms with Crippen molar-refractivity contribution in [2.75, 3.05) is 13.1 Å². The van der Waals surface area contributed by atoms with Crippen LogP contribution in [0.1, 0.15) is 39.5 Å². The summed E-state index contributed by atoms with van der Waals surface area (Å²) < 4.78 is 0. The van der Waals surface area contributed by atoms with Crippen LogP contribution in [0.2, 0.25) is 6.55 Å². The number of hydrogen-bond acceptors (Lipinski definition) is 2. The van der Waals surface area contributed by atoms with Crippen molar-refractivity contribution in [2.45, 2.75) is 46.1 Å².